The molecule has 6 nitrogen and oxygen atoms in total. The highest BCUT2D eigenvalue weighted by molar-refractivity contribution is 6.04. The molecule has 2 aromatic carbocycles. The molecule has 0 saturated carbocycles. The Balaban J connectivity index is 1.38. The van der Waals surface area contributed by atoms with Crippen LogP contribution in [0, 0.1) is 20.8 Å². The number of aryl methyl sites for hydroxylation is 3. The third kappa shape index (κ3) is 2.98. The van der Waals surface area contributed by atoms with Crippen molar-refractivity contribution in [3.8, 4) is 0 Å². The van der Waals surface area contributed by atoms with Crippen molar-refractivity contribution in [2.24, 2.45) is 5.16 Å². The van der Waals surface area contributed by atoms with Gasteiger partial charge < -0.3 is 9.74 Å². The molecule has 0 N–H and O–H groups in total. The van der Waals surface area contributed by atoms with E-state index in [4.69, 9.17) is 4.84 Å². The summed E-state index contributed by atoms with van der Waals surface area (Å²) in [4.78, 5) is 21.0. The number of aromatic nitrogens is 2. The van der Waals surface area contributed by atoms with Gasteiger partial charge in [-0.15, -0.1) is 0 Å². The second-order valence-corrected chi connectivity index (χ2v) is 8.59. The SMILES string of the molecule is Cc1cc(C)c(C2=NOC(CC3C(=O)Cn4ncc5cccc(c54)N3C)C2)c(C)c1. The van der Waals surface area contributed by atoms with Gasteiger partial charge in [-0.1, -0.05) is 35.0 Å². The Kier molecular flexibility index (Phi) is 4.38. The van der Waals surface area contributed by atoms with Crippen LogP contribution in [-0.4, -0.2) is 40.5 Å². The molecule has 2 aliphatic heterocycles. The highest BCUT2D eigenvalue weighted by atomic mass is 16.6. The van der Waals surface area contributed by atoms with Crippen LogP contribution < -0.4 is 4.90 Å². The first kappa shape index (κ1) is 18.9. The third-order valence-electron chi connectivity index (χ3n) is 6.35. The number of rotatable bonds is 3. The number of ketones is 1. The number of Topliss-reactive ketones (excluding diaryl/α,β-unsaturated/α-hetero) is 1. The highest BCUT2D eigenvalue weighted by Gasteiger charge is 2.35. The van der Waals surface area contributed by atoms with Crippen molar-refractivity contribution in [1.82, 2.24) is 9.78 Å². The number of oxime groups is 1. The molecule has 0 spiro atoms. The molecular formula is C24H26N4O2. The lowest BCUT2D eigenvalue weighted by molar-refractivity contribution is -0.121. The quantitative estimate of drug-likeness (QED) is 0.666. The van der Waals surface area contributed by atoms with Crippen LogP contribution in [0.3, 0.4) is 0 Å². The normalized spacial score (nSPS) is 21.0. The average molecular weight is 402 g/mol. The van der Waals surface area contributed by atoms with Gasteiger partial charge in [-0.25, -0.2) is 0 Å². The van der Waals surface area contributed by atoms with Gasteiger partial charge in [-0.05, 0) is 38.0 Å². The van der Waals surface area contributed by atoms with Crippen LogP contribution in [-0.2, 0) is 16.2 Å². The molecule has 2 atom stereocenters. The van der Waals surface area contributed by atoms with Crippen molar-refractivity contribution in [3.63, 3.8) is 0 Å². The first-order valence-corrected chi connectivity index (χ1v) is 10.4. The van der Waals surface area contributed by atoms with Gasteiger partial charge in [0.15, 0.2) is 5.78 Å². The first-order chi connectivity index (χ1) is 14.4. The molecular weight excluding hydrogens is 376 g/mol. The van der Waals surface area contributed by atoms with E-state index >= 15 is 0 Å². The summed E-state index contributed by atoms with van der Waals surface area (Å²) >= 11 is 0. The number of hydrogen-bond donors (Lipinski definition) is 0. The van der Waals surface area contributed by atoms with Gasteiger partial charge in [-0.3, -0.25) is 9.48 Å². The van der Waals surface area contributed by atoms with Crippen molar-refractivity contribution in [3.05, 3.63) is 58.8 Å². The zero-order valence-corrected chi connectivity index (χ0v) is 17.8. The van der Waals surface area contributed by atoms with Gasteiger partial charge in [0.2, 0.25) is 0 Å². The molecule has 5 rings (SSSR count). The minimum absolute atomic E-state index is 0.110. The van der Waals surface area contributed by atoms with Crippen LogP contribution in [0.5, 0.6) is 0 Å². The van der Waals surface area contributed by atoms with Gasteiger partial charge in [0.1, 0.15) is 12.6 Å². The fraction of sp³-hybridized carbons (Fsp3) is 0.375. The minimum Gasteiger partial charge on any atom is -0.392 e. The van der Waals surface area contributed by atoms with E-state index in [1.807, 2.05) is 30.1 Å². The van der Waals surface area contributed by atoms with Crippen LogP contribution in [0.4, 0.5) is 5.69 Å². The molecule has 0 bridgehead atoms. The second kappa shape index (κ2) is 6.97. The maximum atomic E-state index is 13.1. The Bertz CT molecular complexity index is 1170. The smallest absolute Gasteiger partial charge is 0.176 e. The summed E-state index contributed by atoms with van der Waals surface area (Å²) in [6.45, 7) is 6.64. The third-order valence-corrected chi connectivity index (χ3v) is 6.35. The predicted molar refractivity (Wildman–Crippen MR) is 118 cm³/mol. The summed E-state index contributed by atoms with van der Waals surface area (Å²) < 4.78 is 1.82. The van der Waals surface area contributed by atoms with E-state index in [1.54, 1.807) is 0 Å². The lowest BCUT2D eigenvalue weighted by Crippen LogP contribution is -2.41. The summed E-state index contributed by atoms with van der Waals surface area (Å²) in [5.41, 5.74) is 7.89. The summed E-state index contributed by atoms with van der Waals surface area (Å²) in [7, 11) is 1.99. The lowest BCUT2D eigenvalue weighted by atomic mass is 9.92. The number of nitrogens with zero attached hydrogens (tertiary/aromatic N) is 4. The van der Waals surface area contributed by atoms with Gasteiger partial charge in [0.05, 0.1) is 29.2 Å². The molecule has 30 heavy (non-hydrogen) atoms. The average Bonchev–Trinajstić information content (AvgIpc) is 3.29. The van der Waals surface area contributed by atoms with Gasteiger partial charge in [0.25, 0.3) is 0 Å². The molecule has 6 heteroatoms. The number of anilines is 1. The van der Waals surface area contributed by atoms with Gasteiger partial charge >= 0.3 is 0 Å². The van der Waals surface area contributed by atoms with E-state index in [1.165, 1.54) is 22.3 Å². The number of para-hydroxylation sites is 1. The van der Waals surface area contributed by atoms with Crippen molar-refractivity contribution in [2.45, 2.75) is 52.3 Å². The maximum absolute atomic E-state index is 13.1. The summed E-state index contributed by atoms with van der Waals surface area (Å²) in [6, 6.07) is 10.2. The lowest BCUT2D eigenvalue weighted by Gasteiger charge is -2.28. The number of carbonyl (C=O) groups excluding carboxylic acids is 1. The number of likely N-dealkylation sites (N-methyl/N-ethyl adjacent to an activating group) is 1. The van der Waals surface area contributed by atoms with Crippen molar-refractivity contribution in [1.29, 1.82) is 0 Å². The van der Waals surface area contributed by atoms with E-state index < -0.39 is 0 Å². The van der Waals surface area contributed by atoms with E-state index in [0.717, 1.165) is 28.7 Å². The molecule has 0 fully saturated rings. The van der Waals surface area contributed by atoms with Crippen LogP contribution in [0.2, 0.25) is 0 Å². The van der Waals surface area contributed by atoms with E-state index in [-0.39, 0.29) is 24.5 Å². The summed E-state index contributed by atoms with van der Waals surface area (Å²) in [5.74, 6) is 0.151. The molecule has 154 valence electrons. The Morgan fingerprint density at radius 1 is 1.17 bits per heavy atom. The van der Waals surface area contributed by atoms with Gasteiger partial charge in [-0.2, -0.15) is 5.10 Å². The van der Waals surface area contributed by atoms with Crippen LogP contribution in [0.25, 0.3) is 10.9 Å². The van der Waals surface area contributed by atoms with E-state index in [9.17, 15) is 4.79 Å². The zero-order valence-electron chi connectivity index (χ0n) is 17.8. The monoisotopic (exact) mass is 402 g/mol. The Labute approximate surface area is 176 Å². The van der Waals surface area contributed by atoms with Crippen LogP contribution in [0.15, 0.2) is 41.7 Å². The van der Waals surface area contributed by atoms with Crippen molar-refractivity contribution >= 4 is 28.1 Å². The standard InChI is InChI=1S/C24H26N4O2/c1-14-8-15(2)23(16(3)9-14)19-10-18(30-26-19)11-21-22(29)13-28-24-17(12-25-28)6-5-7-20(24)27(21)4/h5-9,12,18,21H,10-11,13H2,1-4H3. The highest BCUT2D eigenvalue weighted by Crippen LogP contribution is 2.33. The molecule has 0 aliphatic carbocycles. The number of carbonyl (C=O) groups is 1. The summed E-state index contributed by atoms with van der Waals surface area (Å²) in [5, 5.41) is 9.90. The molecule has 0 saturated heterocycles. The fourth-order valence-corrected chi connectivity index (χ4v) is 5.04. The Morgan fingerprint density at radius 3 is 2.70 bits per heavy atom. The van der Waals surface area contributed by atoms with Crippen LogP contribution in [0.1, 0.15) is 35.1 Å². The fourth-order valence-electron chi connectivity index (χ4n) is 5.04. The second-order valence-electron chi connectivity index (χ2n) is 8.59. The zero-order chi connectivity index (χ0) is 21.0. The molecule has 3 aromatic rings. The largest absolute Gasteiger partial charge is 0.392 e. The van der Waals surface area contributed by atoms with Crippen LogP contribution >= 0.6 is 0 Å². The first-order valence-electron chi connectivity index (χ1n) is 10.4. The van der Waals surface area contributed by atoms with Gasteiger partial charge in [0, 0.05) is 30.8 Å². The Hall–Kier alpha value is -3.15. The van der Waals surface area contributed by atoms with E-state index in [2.05, 4.69) is 54.1 Å². The van der Waals surface area contributed by atoms with Crippen molar-refractivity contribution < 1.29 is 9.63 Å². The summed E-state index contributed by atoms with van der Waals surface area (Å²) in [6.07, 6.45) is 3.04. The molecule has 0 amide bonds. The molecule has 0 radical (unpaired) electrons. The maximum Gasteiger partial charge on any atom is 0.176 e. The van der Waals surface area contributed by atoms with E-state index in [0.29, 0.717) is 6.42 Å². The molecule has 1 aromatic heterocycles. The molecule has 3 heterocycles. The van der Waals surface area contributed by atoms with Crippen molar-refractivity contribution in [2.75, 3.05) is 11.9 Å². The predicted octanol–water partition coefficient (Wildman–Crippen LogP) is 3.93. The molecule has 2 unspecified atom stereocenters. The molecule has 2 aliphatic rings. The minimum atomic E-state index is -0.267. The Morgan fingerprint density at radius 2 is 1.93 bits per heavy atom. The number of benzene rings is 2. The number of hydrogen-bond acceptors (Lipinski definition) is 5. The topological polar surface area (TPSA) is 59.7 Å².